The number of allylic oxidation sites excluding steroid dienone is 1. The molecule has 4 aromatic rings. The molecule has 0 bridgehead atoms. The van der Waals surface area contributed by atoms with Crippen LogP contribution in [0.3, 0.4) is 0 Å². The summed E-state index contributed by atoms with van der Waals surface area (Å²) < 4.78 is 13.1. The second kappa shape index (κ2) is 9.51. The molecule has 0 saturated carbocycles. The Morgan fingerprint density at radius 3 is 2.83 bits per heavy atom. The molecular formula is C25H19N3O6S2. The topological polar surface area (TPSA) is 117 Å². The smallest absolute Gasteiger partial charge is 0.338 e. The van der Waals surface area contributed by atoms with Crippen molar-refractivity contribution in [1.29, 1.82) is 0 Å². The molecule has 1 aromatic carbocycles. The Morgan fingerprint density at radius 2 is 2.11 bits per heavy atom. The van der Waals surface area contributed by atoms with Gasteiger partial charge in [-0.2, -0.15) is 0 Å². The number of nitrogens with zero attached hydrogens (tertiary/aromatic N) is 3. The zero-order valence-electron chi connectivity index (χ0n) is 19.2. The van der Waals surface area contributed by atoms with Gasteiger partial charge < -0.3 is 9.15 Å². The van der Waals surface area contributed by atoms with Crippen molar-refractivity contribution in [2.45, 2.75) is 19.9 Å². The lowest BCUT2D eigenvalue weighted by molar-refractivity contribution is -0.384. The summed E-state index contributed by atoms with van der Waals surface area (Å²) in [5, 5.41) is 13.0. The molecule has 0 amide bonds. The van der Waals surface area contributed by atoms with Gasteiger partial charge in [0.05, 0.1) is 27.3 Å². The van der Waals surface area contributed by atoms with Gasteiger partial charge in [0.25, 0.3) is 11.2 Å². The van der Waals surface area contributed by atoms with E-state index in [0.717, 1.165) is 4.88 Å². The molecule has 1 atom stereocenters. The van der Waals surface area contributed by atoms with Crippen molar-refractivity contribution < 1.29 is 18.9 Å². The van der Waals surface area contributed by atoms with Gasteiger partial charge in [0.1, 0.15) is 17.6 Å². The molecule has 1 aliphatic rings. The molecule has 5 rings (SSSR count). The average Bonchev–Trinajstić information content (AvgIpc) is 3.60. The van der Waals surface area contributed by atoms with Crippen LogP contribution in [-0.4, -0.2) is 22.1 Å². The number of rotatable bonds is 6. The Balaban J connectivity index is 1.60. The van der Waals surface area contributed by atoms with E-state index in [4.69, 9.17) is 9.15 Å². The van der Waals surface area contributed by atoms with Gasteiger partial charge in [-0.15, -0.1) is 11.3 Å². The van der Waals surface area contributed by atoms with Crippen molar-refractivity contribution in [2.75, 3.05) is 6.61 Å². The molecule has 0 spiro atoms. The number of aromatic nitrogens is 1. The van der Waals surface area contributed by atoms with Gasteiger partial charge in [0.15, 0.2) is 4.80 Å². The van der Waals surface area contributed by atoms with Crippen LogP contribution in [0, 0.1) is 10.1 Å². The summed E-state index contributed by atoms with van der Waals surface area (Å²) in [7, 11) is 0. The number of benzene rings is 1. The van der Waals surface area contributed by atoms with Crippen LogP contribution in [-0.2, 0) is 9.53 Å². The first-order chi connectivity index (χ1) is 17.4. The fraction of sp³-hybridized carbons (Fsp3) is 0.160. The maximum atomic E-state index is 13.5. The van der Waals surface area contributed by atoms with Crippen LogP contribution in [0.4, 0.5) is 5.69 Å². The van der Waals surface area contributed by atoms with Gasteiger partial charge in [-0.25, -0.2) is 9.79 Å². The van der Waals surface area contributed by atoms with Crippen LogP contribution in [0.25, 0.3) is 17.4 Å². The summed E-state index contributed by atoms with van der Waals surface area (Å²) in [6.07, 6.45) is 1.61. The predicted octanol–water partition coefficient (Wildman–Crippen LogP) is 4.03. The Kier molecular flexibility index (Phi) is 6.25. The molecule has 0 fully saturated rings. The van der Waals surface area contributed by atoms with E-state index in [9.17, 15) is 19.7 Å². The largest absolute Gasteiger partial charge is 0.463 e. The third kappa shape index (κ3) is 4.23. The summed E-state index contributed by atoms with van der Waals surface area (Å²) in [5.74, 6) is 0.351. The van der Waals surface area contributed by atoms with E-state index in [1.807, 2.05) is 17.5 Å². The Morgan fingerprint density at radius 1 is 1.28 bits per heavy atom. The van der Waals surface area contributed by atoms with Gasteiger partial charge in [0, 0.05) is 28.6 Å². The van der Waals surface area contributed by atoms with Crippen LogP contribution in [0.1, 0.15) is 30.5 Å². The van der Waals surface area contributed by atoms with Crippen molar-refractivity contribution in [3.63, 3.8) is 0 Å². The lowest BCUT2D eigenvalue weighted by Gasteiger charge is -2.23. The van der Waals surface area contributed by atoms with Crippen LogP contribution in [0.15, 0.2) is 79.4 Å². The first-order valence-electron chi connectivity index (χ1n) is 10.9. The summed E-state index contributed by atoms with van der Waals surface area (Å²) in [6, 6.07) is 12.6. The Bertz CT molecular complexity index is 1690. The van der Waals surface area contributed by atoms with Crippen molar-refractivity contribution in [3.05, 3.63) is 106 Å². The van der Waals surface area contributed by atoms with E-state index in [1.54, 1.807) is 44.2 Å². The first kappa shape index (κ1) is 23.6. The SMILES string of the molecule is CCOC(=O)C1=C(C)N=c2s/c(=C/c3ccc(-c4cccc([N+](=O)[O-])c4)o3)c(=O)n2C1c1cccs1. The third-order valence-corrected chi connectivity index (χ3v) is 7.48. The maximum absolute atomic E-state index is 13.5. The number of non-ortho nitro benzene ring substituents is 1. The average molecular weight is 522 g/mol. The second-order valence-corrected chi connectivity index (χ2v) is 9.82. The van der Waals surface area contributed by atoms with Crippen LogP contribution in [0.2, 0.25) is 0 Å². The monoisotopic (exact) mass is 521 g/mol. The number of fused-ring (bicyclic) bond motifs is 1. The van der Waals surface area contributed by atoms with Gasteiger partial charge in [-0.05, 0) is 37.4 Å². The number of thiophene rings is 1. The maximum Gasteiger partial charge on any atom is 0.338 e. The number of furan rings is 1. The zero-order valence-corrected chi connectivity index (χ0v) is 20.8. The van der Waals surface area contributed by atoms with Crippen LogP contribution < -0.4 is 14.9 Å². The van der Waals surface area contributed by atoms with E-state index in [0.29, 0.717) is 37.7 Å². The van der Waals surface area contributed by atoms with Gasteiger partial charge in [-0.3, -0.25) is 19.5 Å². The van der Waals surface area contributed by atoms with Crippen molar-refractivity contribution >= 4 is 40.4 Å². The molecule has 0 N–H and O–H groups in total. The number of carbonyl (C=O) groups excluding carboxylic acids is 1. The van der Waals surface area contributed by atoms with Crippen molar-refractivity contribution in [1.82, 2.24) is 4.57 Å². The molecule has 3 aromatic heterocycles. The van der Waals surface area contributed by atoms with E-state index >= 15 is 0 Å². The number of ether oxygens (including phenoxy) is 1. The fourth-order valence-corrected chi connectivity index (χ4v) is 5.85. The normalized spacial score (nSPS) is 15.5. The number of carbonyl (C=O) groups is 1. The number of hydrogen-bond acceptors (Lipinski definition) is 9. The fourth-order valence-electron chi connectivity index (χ4n) is 4.00. The Hall–Kier alpha value is -4.09. The predicted molar refractivity (Wildman–Crippen MR) is 136 cm³/mol. The quantitative estimate of drug-likeness (QED) is 0.215. The molecule has 11 heteroatoms. The standard InChI is InChI=1S/C25H19N3O6S2/c1-3-33-24(30)21-14(2)26-25-27(22(21)19-8-5-11-35-19)23(29)20(36-25)13-17-9-10-18(34-17)15-6-4-7-16(12-15)28(31)32/h4-13,22H,3H2,1-2H3/b20-13+. The van der Waals surface area contributed by atoms with E-state index < -0.39 is 16.9 Å². The van der Waals surface area contributed by atoms with Crippen LogP contribution >= 0.6 is 22.7 Å². The van der Waals surface area contributed by atoms with Gasteiger partial charge >= 0.3 is 5.97 Å². The first-order valence-corrected chi connectivity index (χ1v) is 12.6. The highest BCUT2D eigenvalue weighted by atomic mass is 32.1. The zero-order chi connectivity index (χ0) is 25.4. The summed E-state index contributed by atoms with van der Waals surface area (Å²) in [6.45, 7) is 3.68. The number of hydrogen-bond donors (Lipinski definition) is 0. The minimum atomic E-state index is -0.639. The lowest BCUT2D eigenvalue weighted by atomic mass is 10.0. The summed E-state index contributed by atoms with van der Waals surface area (Å²) >= 11 is 2.64. The number of nitro benzene ring substituents is 1. The molecule has 182 valence electrons. The van der Waals surface area contributed by atoms with Crippen LogP contribution in [0.5, 0.6) is 0 Å². The Labute approximate surface area is 212 Å². The highest BCUT2D eigenvalue weighted by Gasteiger charge is 2.33. The molecule has 4 heterocycles. The molecule has 0 radical (unpaired) electrons. The van der Waals surface area contributed by atoms with Gasteiger partial charge in [0.2, 0.25) is 0 Å². The van der Waals surface area contributed by atoms with E-state index in [1.165, 1.54) is 39.4 Å². The lowest BCUT2D eigenvalue weighted by Crippen LogP contribution is -2.39. The van der Waals surface area contributed by atoms with E-state index in [2.05, 4.69) is 4.99 Å². The molecule has 0 saturated heterocycles. The van der Waals surface area contributed by atoms with Gasteiger partial charge in [-0.1, -0.05) is 29.5 Å². The number of esters is 1. The summed E-state index contributed by atoms with van der Waals surface area (Å²) in [4.78, 5) is 42.8. The molecular weight excluding hydrogens is 502 g/mol. The number of nitro groups is 1. The molecule has 36 heavy (non-hydrogen) atoms. The number of thiazole rings is 1. The van der Waals surface area contributed by atoms with E-state index in [-0.39, 0.29) is 17.9 Å². The molecule has 0 aliphatic carbocycles. The third-order valence-electron chi connectivity index (χ3n) is 5.57. The minimum Gasteiger partial charge on any atom is -0.463 e. The molecule has 1 aliphatic heterocycles. The highest BCUT2D eigenvalue weighted by Crippen LogP contribution is 2.33. The molecule has 9 nitrogen and oxygen atoms in total. The summed E-state index contributed by atoms with van der Waals surface area (Å²) in [5.41, 5.74) is 1.05. The second-order valence-electron chi connectivity index (χ2n) is 7.83. The molecule has 1 unspecified atom stereocenters. The highest BCUT2D eigenvalue weighted by molar-refractivity contribution is 7.10. The minimum absolute atomic E-state index is 0.0416. The van der Waals surface area contributed by atoms with Crippen molar-refractivity contribution in [2.24, 2.45) is 4.99 Å². The van der Waals surface area contributed by atoms with Crippen molar-refractivity contribution in [3.8, 4) is 11.3 Å².